The molecule has 0 spiro atoms. The highest BCUT2D eigenvalue weighted by Gasteiger charge is 2.14. The van der Waals surface area contributed by atoms with E-state index in [-0.39, 0.29) is 0 Å². The molecule has 0 radical (unpaired) electrons. The van der Waals surface area contributed by atoms with Crippen molar-refractivity contribution in [1.29, 1.82) is 0 Å². The van der Waals surface area contributed by atoms with Gasteiger partial charge in [0.25, 0.3) is 5.71 Å². The molecule has 74 valence electrons. The number of nitrogens with zero attached hydrogens (tertiary/aromatic N) is 3. The minimum absolute atomic E-state index is 0.404. The average molecular weight is 192 g/mol. The fourth-order valence-corrected chi connectivity index (χ4v) is 1.62. The summed E-state index contributed by atoms with van der Waals surface area (Å²) in [5.41, 5.74) is 8.19. The molecule has 0 fully saturated rings. The predicted molar refractivity (Wildman–Crippen MR) is 52.8 cm³/mol. The standard InChI is InChI=1S/C9H12N4O/c1-3-5-6(4-2)11-12-9-7(5)8(10)13-14-9/h3-4H2,1-2H3,(H2,10,13). The Labute approximate surface area is 81.3 Å². The lowest BCUT2D eigenvalue weighted by atomic mass is 10.1. The van der Waals surface area contributed by atoms with Crippen LogP contribution in [0.5, 0.6) is 0 Å². The smallest absolute Gasteiger partial charge is 0.279 e. The molecule has 0 aliphatic carbocycles. The molecule has 0 aromatic carbocycles. The van der Waals surface area contributed by atoms with Gasteiger partial charge in [-0.3, -0.25) is 0 Å². The Morgan fingerprint density at radius 3 is 2.64 bits per heavy atom. The minimum atomic E-state index is 0.404. The fraction of sp³-hybridized carbons (Fsp3) is 0.444. The lowest BCUT2D eigenvalue weighted by molar-refractivity contribution is 0.449. The second-order valence-corrected chi connectivity index (χ2v) is 3.08. The van der Waals surface area contributed by atoms with Crippen molar-refractivity contribution in [2.24, 2.45) is 0 Å². The van der Waals surface area contributed by atoms with Crippen LogP contribution in [-0.2, 0) is 12.8 Å². The van der Waals surface area contributed by atoms with Gasteiger partial charge in [0.15, 0.2) is 5.82 Å². The molecule has 0 amide bonds. The summed E-state index contributed by atoms with van der Waals surface area (Å²) in [4.78, 5) is 0. The van der Waals surface area contributed by atoms with Gasteiger partial charge in [0, 0.05) is 0 Å². The van der Waals surface area contributed by atoms with Crippen LogP contribution in [0.2, 0.25) is 0 Å². The van der Waals surface area contributed by atoms with E-state index >= 15 is 0 Å². The number of nitrogens with two attached hydrogens (primary N) is 1. The van der Waals surface area contributed by atoms with E-state index < -0.39 is 0 Å². The zero-order valence-corrected chi connectivity index (χ0v) is 8.24. The minimum Gasteiger partial charge on any atom is -0.380 e. The summed E-state index contributed by atoms with van der Waals surface area (Å²) in [6.45, 7) is 4.10. The van der Waals surface area contributed by atoms with Crippen LogP contribution < -0.4 is 5.73 Å². The molecule has 0 bridgehead atoms. The first-order chi connectivity index (χ1) is 6.77. The normalized spacial score (nSPS) is 11.0. The highest BCUT2D eigenvalue weighted by atomic mass is 16.5. The molecule has 2 aromatic heterocycles. The van der Waals surface area contributed by atoms with Crippen LogP contribution in [0, 0.1) is 0 Å². The quantitative estimate of drug-likeness (QED) is 0.776. The summed E-state index contributed by atoms with van der Waals surface area (Å²) in [6, 6.07) is 0. The van der Waals surface area contributed by atoms with Crippen molar-refractivity contribution >= 4 is 16.9 Å². The number of aromatic nitrogens is 3. The largest absolute Gasteiger partial charge is 0.380 e. The van der Waals surface area contributed by atoms with Crippen molar-refractivity contribution in [1.82, 2.24) is 15.4 Å². The highest BCUT2D eigenvalue weighted by Crippen LogP contribution is 2.24. The van der Waals surface area contributed by atoms with Crippen LogP contribution >= 0.6 is 0 Å². The summed E-state index contributed by atoms with van der Waals surface area (Å²) in [7, 11) is 0. The molecular weight excluding hydrogens is 180 g/mol. The van der Waals surface area contributed by atoms with Crippen LogP contribution in [0.15, 0.2) is 4.52 Å². The maximum atomic E-state index is 5.70. The number of anilines is 1. The van der Waals surface area contributed by atoms with Gasteiger partial charge in [-0.1, -0.05) is 19.0 Å². The Hall–Kier alpha value is -1.65. The van der Waals surface area contributed by atoms with Crippen molar-refractivity contribution in [3.63, 3.8) is 0 Å². The third-order valence-electron chi connectivity index (χ3n) is 2.30. The maximum absolute atomic E-state index is 5.70. The van der Waals surface area contributed by atoms with Crippen molar-refractivity contribution in [3.05, 3.63) is 11.3 Å². The third kappa shape index (κ3) is 1.13. The van der Waals surface area contributed by atoms with E-state index in [1.165, 1.54) is 0 Å². The number of fused-ring (bicyclic) bond motifs is 1. The third-order valence-corrected chi connectivity index (χ3v) is 2.30. The monoisotopic (exact) mass is 192 g/mol. The Morgan fingerprint density at radius 1 is 1.21 bits per heavy atom. The number of nitrogen functional groups attached to an aromatic ring is 1. The van der Waals surface area contributed by atoms with Gasteiger partial charge in [0.05, 0.1) is 11.1 Å². The van der Waals surface area contributed by atoms with Crippen LogP contribution in [0.1, 0.15) is 25.1 Å². The molecule has 2 rings (SSSR count). The lowest BCUT2D eigenvalue weighted by Gasteiger charge is -2.03. The first-order valence-electron chi connectivity index (χ1n) is 4.67. The zero-order valence-electron chi connectivity index (χ0n) is 8.24. The van der Waals surface area contributed by atoms with Crippen LogP contribution in [-0.4, -0.2) is 15.4 Å². The SMILES string of the molecule is CCc1nnc2onc(N)c2c1CC. The van der Waals surface area contributed by atoms with E-state index in [4.69, 9.17) is 10.3 Å². The van der Waals surface area contributed by atoms with Gasteiger partial charge < -0.3 is 10.3 Å². The Bertz CT molecular complexity index is 463. The number of hydrogen-bond acceptors (Lipinski definition) is 5. The second-order valence-electron chi connectivity index (χ2n) is 3.08. The molecule has 5 heteroatoms. The van der Waals surface area contributed by atoms with Crippen molar-refractivity contribution in [2.75, 3.05) is 5.73 Å². The molecule has 0 saturated carbocycles. The van der Waals surface area contributed by atoms with Crippen molar-refractivity contribution < 1.29 is 4.52 Å². The van der Waals surface area contributed by atoms with E-state index in [0.717, 1.165) is 29.5 Å². The van der Waals surface area contributed by atoms with Gasteiger partial charge in [-0.25, -0.2) is 0 Å². The summed E-state index contributed by atoms with van der Waals surface area (Å²) in [5, 5.41) is 12.5. The molecule has 5 nitrogen and oxygen atoms in total. The maximum Gasteiger partial charge on any atom is 0.279 e. The molecular formula is C9H12N4O. The van der Waals surface area contributed by atoms with E-state index in [1.54, 1.807) is 0 Å². The molecule has 2 heterocycles. The second kappa shape index (κ2) is 3.25. The number of aryl methyl sites for hydroxylation is 2. The summed E-state index contributed by atoms with van der Waals surface area (Å²) in [5.74, 6) is 0.404. The molecule has 2 aromatic rings. The molecule has 14 heavy (non-hydrogen) atoms. The van der Waals surface area contributed by atoms with Gasteiger partial charge in [0.2, 0.25) is 0 Å². The molecule has 0 saturated heterocycles. The summed E-state index contributed by atoms with van der Waals surface area (Å²) >= 11 is 0. The predicted octanol–water partition coefficient (Wildman–Crippen LogP) is 1.32. The van der Waals surface area contributed by atoms with Gasteiger partial charge >= 0.3 is 0 Å². The molecule has 2 N–H and O–H groups in total. The van der Waals surface area contributed by atoms with E-state index in [2.05, 4.69) is 22.3 Å². The van der Waals surface area contributed by atoms with Gasteiger partial charge in [-0.05, 0) is 18.4 Å². The van der Waals surface area contributed by atoms with Gasteiger partial charge in [-0.15, -0.1) is 5.10 Å². The summed E-state index contributed by atoms with van der Waals surface area (Å²) in [6.07, 6.45) is 1.71. The topological polar surface area (TPSA) is 77.8 Å². The summed E-state index contributed by atoms with van der Waals surface area (Å²) < 4.78 is 4.94. The van der Waals surface area contributed by atoms with Crippen LogP contribution in [0.4, 0.5) is 5.82 Å². The first kappa shape index (κ1) is 8.93. The van der Waals surface area contributed by atoms with Crippen LogP contribution in [0.3, 0.4) is 0 Å². The number of rotatable bonds is 2. The molecule has 0 atom stereocenters. The van der Waals surface area contributed by atoms with E-state index in [9.17, 15) is 0 Å². The first-order valence-corrected chi connectivity index (χ1v) is 4.67. The Morgan fingerprint density at radius 2 is 2.00 bits per heavy atom. The zero-order chi connectivity index (χ0) is 10.1. The van der Waals surface area contributed by atoms with Gasteiger partial charge in [0.1, 0.15) is 0 Å². The number of hydrogen-bond donors (Lipinski definition) is 1. The van der Waals surface area contributed by atoms with Crippen molar-refractivity contribution in [2.45, 2.75) is 26.7 Å². The fourth-order valence-electron chi connectivity index (χ4n) is 1.62. The van der Waals surface area contributed by atoms with Crippen molar-refractivity contribution in [3.8, 4) is 0 Å². The molecule has 0 aliphatic rings. The molecule has 0 aliphatic heterocycles. The van der Waals surface area contributed by atoms with Gasteiger partial charge in [-0.2, -0.15) is 5.10 Å². The van der Waals surface area contributed by atoms with E-state index in [1.807, 2.05) is 6.92 Å². The average Bonchev–Trinajstić information content (AvgIpc) is 2.59. The van der Waals surface area contributed by atoms with E-state index in [0.29, 0.717) is 11.5 Å². The lowest BCUT2D eigenvalue weighted by Crippen LogP contribution is -1.99. The van der Waals surface area contributed by atoms with Crippen LogP contribution in [0.25, 0.3) is 11.1 Å². The molecule has 0 unspecified atom stereocenters. The Balaban J connectivity index is 2.81. The highest BCUT2D eigenvalue weighted by molar-refractivity contribution is 5.87. The Kier molecular flexibility index (Phi) is 2.07.